The molecular weight excluding hydrogens is 402 g/mol. The van der Waals surface area contributed by atoms with Crippen LogP contribution in [0.25, 0.3) is 32.9 Å². The van der Waals surface area contributed by atoms with Gasteiger partial charge in [-0.2, -0.15) is 0 Å². The summed E-state index contributed by atoms with van der Waals surface area (Å²) in [7, 11) is 1.61. The minimum Gasteiger partial charge on any atom is -0.495 e. The van der Waals surface area contributed by atoms with Crippen molar-refractivity contribution in [3.63, 3.8) is 0 Å². The van der Waals surface area contributed by atoms with Gasteiger partial charge in [-0.25, -0.2) is 5.43 Å². The van der Waals surface area contributed by atoms with Crippen LogP contribution in [0.15, 0.2) is 72.8 Å². The van der Waals surface area contributed by atoms with Gasteiger partial charge in [0, 0.05) is 10.8 Å². The van der Waals surface area contributed by atoms with Crippen molar-refractivity contribution < 1.29 is 14.6 Å². The number of ether oxygens (including phenoxy) is 1. The number of hydrazine groups is 1. The first kappa shape index (κ1) is 19.9. The number of aliphatic carboxylic acids is 1. The Kier molecular flexibility index (Phi) is 4.92. The maximum Gasteiger partial charge on any atom is 0.319 e. The fourth-order valence-electron chi connectivity index (χ4n) is 4.21. The van der Waals surface area contributed by atoms with E-state index in [1.165, 1.54) is 5.39 Å². The van der Waals surface area contributed by atoms with Crippen LogP contribution in [0.1, 0.15) is 5.56 Å². The van der Waals surface area contributed by atoms with Gasteiger partial charge in [-0.3, -0.25) is 9.80 Å². The topological polar surface area (TPSA) is 77.6 Å². The predicted molar refractivity (Wildman–Crippen MR) is 128 cm³/mol. The van der Waals surface area contributed by atoms with Crippen LogP contribution in [0.4, 0.5) is 11.4 Å². The minimum atomic E-state index is -0.949. The van der Waals surface area contributed by atoms with Crippen LogP contribution in [0, 0.1) is 6.92 Å². The number of aromatic nitrogens is 1. The van der Waals surface area contributed by atoms with Gasteiger partial charge in [0.2, 0.25) is 0 Å². The number of rotatable bonds is 6. The summed E-state index contributed by atoms with van der Waals surface area (Å²) in [6.45, 7) is 1.75. The van der Waals surface area contributed by atoms with Crippen molar-refractivity contribution in [3.8, 4) is 17.0 Å². The lowest BCUT2D eigenvalue weighted by atomic mass is 10.1. The van der Waals surface area contributed by atoms with Crippen molar-refractivity contribution in [2.75, 3.05) is 18.7 Å². The number of benzene rings is 3. The normalized spacial score (nSPS) is 11.3. The molecule has 0 amide bonds. The van der Waals surface area contributed by atoms with E-state index in [-0.39, 0.29) is 6.54 Å². The fourth-order valence-corrected chi connectivity index (χ4v) is 4.21. The van der Waals surface area contributed by atoms with Gasteiger partial charge >= 0.3 is 5.97 Å². The van der Waals surface area contributed by atoms with Gasteiger partial charge in [-0.1, -0.05) is 42.5 Å². The van der Waals surface area contributed by atoms with Crippen LogP contribution >= 0.6 is 0 Å². The van der Waals surface area contributed by atoms with Crippen molar-refractivity contribution in [1.29, 1.82) is 0 Å². The Bertz CT molecular complexity index is 1420. The Morgan fingerprint density at radius 3 is 2.59 bits per heavy atom. The van der Waals surface area contributed by atoms with Crippen molar-refractivity contribution in [1.82, 2.24) is 10.4 Å². The molecule has 6 heteroatoms. The van der Waals surface area contributed by atoms with Crippen molar-refractivity contribution in [2.45, 2.75) is 6.92 Å². The summed E-state index contributed by atoms with van der Waals surface area (Å²) >= 11 is 0. The highest BCUT2D eigenvalue weighted by atomic mass is 16.5. The van der Waals surface area contributed by atoms with E-state index in [1.54, 1.807) is 12.1 Å². The molecule has 3 N–H and O–H groups in total. The first-order valence-corrected chi connectivity index (χ1v) is 10.4. The summed E-state index contributed by atoms with van der Waals surface area (Å²) in [5.74, 6) is -0.297. The van der Waals surface area contributed by atoms with Crippen molar-refractivity contribution in [3.05, 3.63) is 78.4 Å². The Morgan fingerprint density at radius 2 is 1.78 bits per heavy atom. The molecule has 1 aliphatic heterocycles. The summed E-state index contributed by atoms with van der Waals surface area (Å²) in [6, 6.07) is 24.4. The van der Waals surface area contributed by atoms with Gasteiger partial charge in [-0.15, -0.1) is 0 Å². The van der Waals surface area contributed by atoms with Crippen molar-refractivity contribution >= 4 is 39.0 Å². The number of carboxylic acid groups (broad SMARTS) is 1. The number of hydrogen-bond donors (Lipinski definition) is 3. The molecule has 5 rings (SSSR count). The minimum absolute atomic E-state index is 0.241. The number of nitrogens with one attached hydrogen (secondary N) is 2. The number of para-hydroxylation sites is 1. The van der Waals surface area contributed by atoms with E-state index in [9.17, 15) is 9.90 Å². The maximum atomic E-state index is 11.4. The first-order chi connectivity index (χ1) is 15.5. The molecule has 0 spiro atoms. The lowest BCUT2D eigenvalue weighted by Crippen LogP contribution is -2.38. The zero-order valence-corrected chi connectivity index (χ0v) is 17.8. The molecule has 0 fully saturated rings. The summed E-state index contributed by atoms with van der Waals surface area (Å²) in [4.78, 5) is 15.0. The van der Waals surface area contributed by atoms with Gasteiger partial charge in [0.25, 0.3) is 0 Å². The molecule has 32 heavy (non-hydrogen) atoms. The molecule has 3 aromatic rings. The molecule has 0 aromatic heterocycles. The number of nitrogens with zero attached hydrogens (tertiary/aromatic N) is 1. The van der Waals surface area contributed by atoms with Crippen LogP contribution < -0.4 is 15.2 Å². The maximum absolute atomic E-state index is 11.4. The number of carbonyl (C=O) groups is 1. The molecule has 0 unspecified atom stereocenters. The van der Waals surface area contributed by atoms with E-state index in [0.29, 0.717) is 5.75 Å². The van der Waals surface area contributed by atoms with Gasteiger partial charge in [0.05, 0.1) is 29.7 Å². The first-order valence-electron chi connectivity index (χ1n) is 10.4. The third-order valence-corrected chi connectivity index (χ3v) is 5.67. The van der Waals surface area contributed by atoms with Gasteiger partial charge < -0.3 is 14.8 Å². The molecule has 0 atom stereocenters. The number of H-pyrrole nitrogens is 1. The number of pyridine rings is 1. The van der Waals surface area contributed by atoms with E-state index in [2.05, 4.69) is 34.7 Å². The highest BCUT2D eigenvalue weighted by Crippen LogP contribution is 2.40. The van der Waals surface area contributed by atoms with E-state index in [1.807, 2.05) is 55.5 Å². The highest BCUT2D eigenvalue weighted by molar-refractivity contribution is 6.06. The molecule has 0 radical (unpaired) electrons. The second kappa shape index (κ2) is 7.90. The summed E-state index contributed by atoms with van der Waals surface area (Å²) in [5, 5.41) is 14.5. The second-order valence-corrected chi connectivity index (χ2v) is 7.81. The molecule has 160 valence electrons. The molecule has 0 saturated carbocycles. The molecule has 1 heterocycles. The van der Waals surface area contributed by atoms with Crippen LogP contribution in [-0.2, 0) is 4.79 Å². The fraction of sp³-hybridized carbons (Fsp3) is 0.115. The average molecular weight is 425 g/mol. The van der Waals surface area contributed by atoms with Crippen LogP contribution in [-0.4, -0.2) is 29.7 Å². The lowest BCUT2D eigenvalue weighted by molar-refractivity contribution is -0.135. The second-order valence-electron chi connectivity index (χ2n) is 7.81. The summed E-state index contributed by atoms with van der Waals surface area (Å²) in [5.41, 5.74) is 8.72. The Hall–Kier alpha value is -4.03. The van der Waals surface area contributed by atoms with E-state index < -0.39 is 5.97 Å². The number of aromatic amines is 1. The SMILES string of the molecule is COc1cc(C)ccc1N(NCC(=O)O)c1cccc2cc3cc4ccccc4c-3[nH]c12. The number of carboxylic acids is 1. The zero-order chi connectivity index (χ0) is 22.2. The van der Waals surface area contributed by atoms with E-state index >= 15 is 0 Å². The zero-order valence-electron chi connectivity index (χ0n) is 17.8. The molecule has 3 aromatic carbocycles. The predicted octanol–water partition coefficient (Wildman–Crippen LogP) is 5.47. The van der Waals surface area contributed by atoms with E-state index in [0.717, 1.165) is 44.5 Å². The van der Waals surface area contributed by atoms with Gasteiger partial charge in [0.15, 0.2) is 0 Å². The van der Waals surface area contributed by atoms with Crippen LogP contribution in [0.3, 0.4) is 0 Å². The smallest absolute Gasteiger partial charge is 0.319 e. The van der Waals surface area contributed by atoms with Crippen LogP contribution in [0.2, 0.25) is 0 Å². The highest BCUT2D eigenvalue weighted by Gasteiger charge is 2.20. The third kappa shape index (κ3) is 3.40. The molecule has 0 bridgehead atoms. The Balaban J connectivity index is 1.76. The molecular formula is C26H23N3O3. The lowest BCUT2D eigenvalue weighted by Gasteiger charge is -2.28. The van der Waals surface area contributed by atoms with Crippen LogP contribution in [0.5, 0.6) is 5.75 Å². The third-order valence-electron chi connectivity index (χ3n) is 5.67. The van der Waals surface area contributed by atoms with Crippen molar-refractivity contribution in [2.24, 2.45) is 0 Å². The largest absolute Gasteiger partial charge is 0.495 e. The number of hydrogen-bond acceptors (Lipinski definition) is 4. The number of aryl methyl sites for hydroxylation is 1. The van der Waals surface area contributed by atoms with Gasteiger partial charge in [-0.05, 0) is 53.8 Å². The molecule has 0 saturated heterocycles. The Labute approximate surface area is 185 Å². The van der Waals surface area contributed by atoms with E-state index in [4.69, 9.17) is 4.74 Å². The number of methoxy groups -OCH3 is 1. The quantitative estimate of drug-likeness (QED) is 0.315. The molecule has 1 aliphatic carbocycles. The number of fused-ring (bicyclic) bond motifs is 4. The number of anilines is 2. The summed E-state index contributed by atoms with van der Waals surface area (Å²) < 4.78 is 5.62. The molecule has 6 nitrogen and oxygen atoms in total. The standard InChI is InChI=1S/C26H23N3O3/c1-16-10-11-21(23(12-16)32-2)29(27-15-24(30)31)22-9-5-7-18-14-19-13-17-6-3-4-8-20(17)25(19)28-26(18)22/h3-14,27-28H,15H2,1-2H3,(H,30,31). The average Bonchev–Trinajstić information content (AvgIpc) is 3.15. The summed E-state index contributed by atoms with van der Waals surface area (Å²) in [6.07, 6.45) is 0. The van der Waals surface area contributed by atoms with Gasteiger partial charge in [0.1, 0.15) is 12.3 Å². The monoisotopic (exact) mass is 425 g/mol. The molecule has 2 aliphatic rings. The Morgan fingerprint density at radius 1 is 1.00 bits per heavy atom.